The molecule has 2 aromatic carbocycles. The van der Waals surface area contributed by atoms with Gasteiger partial charge in [-0.2, -0.15) is 0 Å². The minimum absolute atomic E-state index is 0.0490. The van der Waals surface area contributed by atoms with E-state index in [1.54, 1.807) is 0 Å². The first kappa shape index (κ1) is 14.8. The van der Waals surface area contributed by atoms with Gasteiger partial charge in [-0.1, -0.05) is 36.4 Å². The zero-order chi connectivity index (χ0) is 14.4. The van der Waals surface area contributed by atoms with Gasteiger partial charge >= 0.3 is 0 Å². The highest BCUT2D eigenvalue weighted by Crippen LogP contribution is 2.33. The molecule has 0 saturated carbocycles. The summed E-state index contributed by atoms with van der Waals surface area (Å²) in [4.78, 5) is 0. The number of hydrogen-bond donors (Lipinski definition) is 2. The van der Waals surface area contributed by atoms with Crippen LogP contribution in [0.25, 0.3) is 10.8 Å². The second-order valence-corrected chi connectivity index (χ2v) is 5.13. The number of fused-ring (bicyclic) bond motifs is 1. The Kier molecular flexibility index (Phi) is 5.39. The average Bonchev–Trinajstić information content (AvgIpc) is 2.46. The number of rotatable bonds is 7. The number of nitrogens with two attached hydrogens (primary N) is 1. The summed E-state index contributed by atoms with van der Waals surface area (Å²) in [5.74, 6) is 0.905. The highest BCUT2D eigenvalue weighted by atomic mass is 16.5. The maximum atomic E-state index is 8.78. The van der Waals surface area contributed by atoms with Gasteiger partial charge in [-0.05, 0) is 31.6 Å². The lowest BCUT2D eigenvalue weighted by Crippen LogP contribution is -2.09. The standard InChI is InChI=1S/C17H23NO2/c1-13(18)15-10-9-14-7-3-4-8-16(14)17(15)20-12-6-2-5-11-19/h3-4,7-10,13,19H,2,5-6,11-12,18H2,1H3. The molecular formula is C17H23NO2. The summed E-state index contributed by atoms with van der Waals surface area (Å²) in [5, 5.41) is 11.1. The van der Waals surface area contributed by atoms with E-state index >= 15 is 0 Å². The molecule has 2 rings (SSSR count). The molecule has 3 heteroatoms. The Hall–Kier alpha value is -1.58. The van der Waals surface area contributed by atoms with Crippen molar-refractivity contribution in [3.8, 4) is 5.75 Å². The Balaban J connectivity index is 2.21. The SMILES string of the molecule is CC(N)c1ccc2ccccc2c1OCCCCCO. The van der Waals surface area contributed by atoms with Crippen LogP contribution in [0, 0.1) is 0 Å². The van der Waals surface area contributed by atoms with Crippen LogP contribution in [0.4, 0.5) is 0 Å². The first-order valence-corrected chi connectivity index (χ1v) is 7.25. The van der Waals surface area contributed by atoms with Crippen molar-refractivity contribution >= 4 is 10.8 Å². The number of hydrogen-bond acceptors (Lipinski definition) is 3. The minimum atomic E-state index is -0.0490. The topological polar surface area (TPSA) is 55.5 Å². The van der Waals surface area contributed by atoms with E-state index in [1.165, 1.54) is 5.39 Å². The first-order valence-electron chi connectivity index (χ1n) is 7.25. The predicted molar refractivity (Wildman–Crippen MR) is 83.0 cm³/mol. The van der Waals surface area contributed by atoms with Crippen LogP contribution in [-0.2, 0) is 0 Å². The van der Waals surface area contributed by atoms with Gasteiger partial charge in [0.1, 0.15) is 5.75 Å². The second-order valence-electron chi connectivity index (χ2n) is 5.13. The smallest absolute Gasteiger partial charge is 0.131 e. The number of ether oxygens (including phenoxy) is 1. The first-order chi connectivity index (χ1) is 9.74. The van der Waals surface area contributed by atoms with Crippen LogP contribution in [0.1, 0.15) is 37.8 Å². The van der Waals surface area contributed by atoms with E-state index in [2.05, 4.69) is 24.3 Å². The molecule has 0 aliphatic rings. The van der Waals surface area contributed by atoms with Crippen LogP contribution < -0.4 is 10.5 Å². The lowest BCUT2D eigenvalue weighted by Gasteiger charge is -2.16. The third-order valence-corrected chi connectivity index (χ3v) is 3.45. The van der Waals surface area contributed by atoms with Crippen molar-refractivity contribution in [2.75, 3.05) is 13.2 Å². The van der Waals surface area contributed by atoms with Gasteiger partial charge in [0.15, 0.2) is 0 Å². The highest BCUT2D eigenvalue weighted by Gasteiger charge is 2.11. The predicted octanol–water partition coefficient (Wildman–Crippen LogP) is 3.40. The van der Waals surface area contributed by atoms with Crippen molar-refractivity contribution in [1.29, 1.82) is 0 Å². The van der Waals surface area contributed by atoms with E-state index in [9.17, 15) is 0 Å². The number of aliphatic hydroxyl groups is 1. The van der Waals surface area contributed by atoms with Gasteiger partial charge in [0.2, 0.25) is 0 Å². The van der Waals surface area contributed by atoms with Crippen molar-refractivity contribution in [3.05, 3.63) is 42.0 Å². The van der Waals surface area contributed by atoms with Gasteiger partial charge in [-0.15, -0.1) is 0 Å². The molecule has 0 aromatic heterocycles. The lowest BCUT2D eigenvalue weighted by molar-refractivity contribution is 0.266. The molecular weight excluding hydrogens is 250 g/mol. The van der Waals surface area contributed by atoms with E-state index in [1.807, 2.05) is 19.1 Å². The lowest BCUT2D eigenvalue weighted by atomic mass is 10.0. The Labute approximate surface area is 120 Å². The number of unbranched alkanes of at least 4 members (excludes halogenated alkanes) is 2. The van der Waals surface area contributed by atoms with Crippen molar-refractivity contribution in [1.82, 2.24) is 0 Å². The largest absolute Gasteiger partial charge is 0.493 e. The second kappa shape index (κ2) is 7.27. The molecule has 0 fully saturated rings. The summed E-state index contributed by atoms with van der Waals surface area (Å²) in [6, 6.07) is 12.3. The molecule has 2 aromatic rings. The molecule has 0 spiro atoms. The summed E-state index contributed by atoms with van der Waals surface area (Å²) in [7, 11) is 0. The van der Waals surface area contributed by atoms with Crippen LogP contribution in [-0.4, -0.2) is 18.3 Å². The van der Waals surface area contributed by atoms with E-state index in [4.69, 9.17) is 15.6 Å². The number of benzene rings is 2. The van der Waals surface area contributed by atoms with Crippen molar-refractivity contribution in [2.45, 2.75) is 32.2 Å². The van der Waals surface area contributed by atoms with Gasteiger partial charge in [0.25, 0.3) is 0 Å². The van der Waals surface area contributed by atoms with E-state index in [-0.39, 0.29) is 12.6 Å². The molecule has 108 valence electrons. The summed E-state index contributed by atoms with van der Waals surface area (Å²) in [6.45, 7) is 2.88. The van der Waals surface area contributed by atoms with Crippen molar-refractivity contribution in [2.24, 2.45) is 5.73 Å². The fourth-order valence-corrected chi connectivity index (χ4v) is 2.34. The average molecular weight is 273 g/mol. The fraction of sp³-hybridized carbons (Fsp3) is 0.412. The molecule has 1 unspecified atom stereocenters. The molecule has 0 heterocycles. The summed E-state index contributed by atoms with van der Waals surface area (Å²) >= 11 is 0. The zero-order valence-electron chi connectivity index (χ0n) is 12.0. The molecule has 3 nitrogen and oxygen atoms in total. The van der Waals surface area contributed by atoms with E-state index in [0.29, 0.717) is 6.61 Å². The Morgan fingerprint density at radius 1 is 1.10 bits per heavy atom. The van der Waals surface area contributed by atoms with Gasteiger partial charge in [0.05, 0.1) is 6.61 Å². The van der Waals surface area contributed by atoms with Gasteiger partial charge in [0, 0.05) is 23.6 Å². The van der Waals surface area contributed by atoms with Crippen molar-refractivity contribution < 1.29 is 9.84 Å². The highest BCUT2D eigenvalue weighted by molar-refractivity contribution is 5.89. The maximum absolute atomic E-state index is 8.78. The van der Waals surface area contributed by atoms with Crippen LogP contribution in [0.5, 0.6) is 5.75 Å². The van der Waals surface area contributed by atoms with E-state index in [0.717, 1.165) is 36.0 Å². The summed E-state index contributed by atoms with van der Waals surface area (Å²) < 4.78 is 6.00. The minimum Gasteiger partial charge on any atom is -0.493 e. The quantitative estimate of drug-likeness (QED) is 0.760. The van der Waals surface area contributed by atoms with E-state index < -0.39 is 0 Å². The normalized spacial score (nSPS) is 12.6. The van der Waals surface area contributed by atoms with Crippen molar-refractivity contribution in [3.63, 3.8) is 0 Å². The van der Waals surface area contributed by atoms with Crippen LogP contribution >= 0.6 is 0 Å². The number of aliphatic hydroxyl groups excluding tert-OH is 1. The Bertz CT molecular complexity index is 552. The Morgan fingerprint density at radius 2 is 1.90 bits per heavy atom. The molecule has 0 saturated heterocycles. The molecule has 3 N–H and O–H groups in total. The molecule has 0 amide bonds. The molecule has 0 aliphatic heterocycles. The van der Waals surface area contributed by atoms with Gasteiger partial charge in [-0.3, -0.25) is 0 Å². The monoisotopic (exact) mass is 273 g/mol. The third-order valence-electron chi connectivity index (χ3n) is 3.45. The van der Waals surface area contributed by atoms with Crippen LogP contribution in [0.3, 0.4) is 0 Å². The van der Waals surface area contributed by atoms with Crippen LogP contribution in [0.2, 0.25) is 0 Å². The van der Waals surface area contributed by atoms with Gasteiger partial charge < -0.3 is 15.6 Å². The zero-order valence-corrected chi connectivity index (χ0v) is 12.0. The molecule has 0 radical (unpaired) electrons. The molecule has 0 aliphatic carbocycles. The maximum Gasteiger partial charge on any atom is 0.131 e. The molecule has 0 bridgehead atoms. The third kappa shape index (κ3) is 3.50. The van der Waals surface area contributed by atoms with Crippen LogP contribution in [0.15, 0.2) is 36.4 Å². The fourth-order valence-electron chi connectivity index (χ4n) is 2.34. The van der Waals surface area contributed by atoms with Gasteiger partial charge in [-0.25, -0.2) is 0 Å². The summed E-state index contributed by atoms with van der Waals surface area (Å²) in [6.07, 6.45) is 2.76. The molecule has 20 heavy (non-hydrogen) atoms. The molecule has 1 atom stereocenters. The Morgan fingerprint density at radius 3 is 2.65 bits per heavy atom. The summed E-state index contributed by atoms with van der Waals surface area (Å²) in [5.41, 5.74) is 7.09.